The van der Waals surface area contributed by atoms with E-state index in [1.165, 1.54) is 0 Å². The lowest BCUT2D eigenvalue weighted by atomic mass is 10.2. The monoisotopic (exact) mass is 186 g/mol. The molecule has 0 aliphatic carbocycles. The third-order valence-corrected chi connectivity index (χ3v) is 2.08. The molecule has 1 amide bonds. The van der Waals surface area contributed by atoms with Crippen molar-refractivity contribution in [1.82, 2.24) is 10.6 Å². The Bertz CT molecular complexity index is 162. The van der Waals surface area contributed by atoms with E-state index in [2.05, 4.69) is 10.6 Å². The second-order valence-electron chi connectivity index (χ2n) is 3.21. The maximum absolute atomic E-state index is 10.8. The lowest BCUT2D eigenvalue weighted by Gasteiger charge is -2.09. The van der Waals surface area contributed by atoms with Crippen LogP contribution < -0.4 is 10.6 Å². The first kappa shape index (κ1) is 10.5. The largest absolute Gasteiger partial charge is 0.382 e. The fraction of sp³-hybridized carbons (Fsp3) is 0.889. The average Bonchev–Trinajstić information content (AvgIpc) is 2.51. The van der Waals surface area contributed by atoms with Gasteiger partial charge in [0.1, 0.15) is 0 Å². The van der Waals surface area contributed by atoms with Crippen molar-refractivity contribution < 1.29 is 9.53 Å². The van der Waals surface area contributed by atoms with Gasteiger partial charge in [0.15, 0.2) is 0 Å². The predicted molar refractivity (Wildman–Crippen MR) is 50.5 cm³/mol. The summed E-state index contributed by atoms with van der Waals surface area (Å²) < 4.78 is 5.20. The Hall–Kier alpha value is -0.610. The molecule has 0 aromatic rings. The maximum Gasteiger partial charge on any atom is 0.221 e. The summed E-state index contributed by atoms with van der Waals surface area (Å²) in [7, 11) is 0. The number of carbonyl (C=O) groups excluding carboxylic acids is 1. The van der Waals surface area contributed by atoms with Crippen LogP contribution in [0, 0.1) is 0 Å². The van der Waals surface area contributed by atoms with Gasteiger partial charge in [-0.2, -0.15) is 0 Å². The number of ether oxygens (including phenoxy) is 1. The topological polar surface area (TPSA) is 50.4 Å². The minimum absolute atomic E-state index is 0.155. The molecule has 2 N–H and O–H groups in total. The molecule has 13 heavy (non-hydrogen) atoms. The van der Waals surface area contributed by atoms with Crippen LogP contribution in [0.15, 0.2) is 0 Å². The highest BCUT2D eigenvalue weighted by Gasteiger charge is 2.19. The van der Waals surface area contributed by atoms with Crippen LogP contribution in [-0.2, 0) is 9.53 Å². The van der Waals surface area contributed by atoms with Crippen LogP contribution in [0.2, 0.25) is 0 Å². The molecule has 1 aliphatic rings. The summed E-state index contributed by atoms with van der Waals surface area (Å²) in [5, 5.41) is 6.10. The van der Waals surface area contributed by atoms with Crippen LogP contribution in [0.4, 0.5) is 0 Å². The van der Waals surface area contributed by atoms with E-state index in [0.717, 1.165) is 32.7 Å². The molecule has 0 aromatic heterocycles. The zero-order valence-corrected chi connectivity index (χ0v) is 8.14. The van der Waals surface area contributed by atoms with E-state index in [1.807, 2.05) is 6.92 Å². The van der Waals surface area contributed by atoms with Crippen LogP contribution in [0.3, 0.4) is 0 Å². The number of hydrogen-bond donors (Lipinski definition) is 2. The van der Waals surface area contributed by atoms with Crippen molar-refractivity contribution >= 4 is 5.91 Å². The molecule has 1 rings (SSSR count). The first-order chi connectivity index (χ1) is 6.33. The normalized spacial score (nSPS) is 21.9. The second-order valence-corrected chi connectivity index (χ2v) is 3.21. The van der Waals surface area contributed by atoms with Gasteiger partial charge in [-0.15, -0.1) is 0 Å². The van der Waals surface area contributed by atoms with Crippen molar-refractivity contribution in [2.45, 2.75) is 25.8 Å². The van der Waals surface area contributed by atoms with E-state index in [-0.39, 0.29) is 5.91 Å². The minimum Gasteiger partial charge on any atom is -0.382 e. The summed E-state index contributed by atoms with van der Waals surface area (Å²) in [5.41, 5.74) is 0. The molecule has 4 heteroatoms. The number of rotatable bonds is 6. The Morgan fingerprint density at radius 3 is 3.15 bits per heavy atom. The van der Waals surface area contributed by atoms with Gasteiger partial charge in [0.25, 0.3) is 0 Å². The van der Waals surface area contributed by atoms with Crippen LogP contribution in [0.25, 0.3) is 0 Å². The summed E-state index contributed by atoms with van der Waals surface area (Å²) >= 11 is 0. The van der Waals surface area contributed by atoms with Gasteiger partial charge in [0, 0.05) is 32.2 Å². The van der Waals surface area contributed by atoms with Crippen molar-refractivity contribution in [2.24, 2.45) is 0 Å². The predicted octanol–water partition coefficient (Wildman–Crippen LogP) is -0.109. The molecule has 0 spiro atoms. The van der Waals surface area contributed by atoms with Crippen molar-refractivity contribution in [1.29, 1.82) is 0 Å². The maximum atomic E-state index is 10.8. The Labute approximate surface area is 79.0 Å². The molecule has 1 atom stereocenters. The smallest absolute Gasteiger partial charge is 0.221 e. The number of hydrogen-bond acceptors (Lipinski definition) is 3. The molecule has 0 aromatic carbocycles. The van der Waals surface area contributed by atoms with Gasteiger partial charge in [0.05, 0.1) is 0 Å². The van der Waals surface area contributed by atoms with Crippen molar-refractivity contribution in [3.05, 3.63) is 0 Å². The van der Waals surface area contributed by atoms with Gasteiger partial charge in [-0.3, -0.25) is 4.79 Å². The van der Waals surface area contributed by atoms with E-state index in [9.17, 15) is 4.79 Å². The summed E-state index contributed by atoms with van der Waals surface area (Å²) in [4.78, 5) is 10.8. The highest BCUT2D eigenvalue weighted by Crippen LogP contribution is 1.98. The highest BCUT2D eigenvalue weighted by atomic mass is 16.5. The zero-order chi connectivity index (χ0) is 9.52. The van der Waals surface area contributed by atoms with Gasteiger partial charge < -0.3 is 15.4 Å². The van der Waals surface area contributed by atoms with Crippen molar-refractivity contribution in [3.63, 3.8) is 0 Å². The quantitative estimate of drug-likeness (QED) is 0.569. The third kappa shape index (κ3) is 4.24. The molecule has 0 bridgehead atoms. The van der Waals surface area contributed by atoms with E-state index in [0.29, 0.717) is 12.5 Å². The molecule has 1 unspecified atom stereocenters. The SMILES string of the molecule is CCOCCCNC1CNC(=O)C1. The fourth-order valence-corrected chi connectivity index (χ4v) is 1.37. The van der Waals surface area contributed by atoms with Gasteiger partial charge >= 0.3 is 0 Å². The number of nitrogens with one attached hydrogen (secondary N) is 2. The summed E-state index contributed by atoms with van der Waals surface area (Å²) in [5.74, 6) is 0.155. The Kier molecular flexibility index (Phi) is 4.78. The summed E-state index contributed by atoms with van der Waals surface area (Å²) in [6.07, 6.45) is 1.63. The third-order valence-electron chi connectivity index (χ3n) is 2.08. The standard InChI is InChI=1S/C9H18N2O2/c1-2-13-5-3-4-10-8-6-9(12)11-7-8/h8,10H,2-7H2,1H3,(H,11,12). The highest BCUT2D eigenvalue weighted by molar-refractivity contribution is 5.78. The van der Waals surface area contributed by atoms with Gasteiger partial charge in [-0.1, -0.05) is 0 Å². The van der Waals surface area contributed by atoms with E-state index < -0.39 is 0 Å². The summed E-state index contributed by atoms with van der Waals surface area (Å²) in [6, 6.07) is 0.328. The van der Waals surface area contributed by atoms with Crippen LogP contribution in [0.1, 0.15) is 19.8 Å². The first-order valence-corrected chi connectivity index (χ1v) is 4.90. The zero-order valence-electron chi connectivity index (χ0n) is 8.14. The Morgan fingerprint density at radius 1 is 1.69 bits per heavy atom. The van der Waals surface area contributed by atoms with E-state index in [4.69, 9.17) is 4.74 Å². The molecule has 0 saturated carbocycles. The Morgan fingerprint density at radius 2 is 2.54 bits per heavy atom. The van der Waals surface area contributed by atoms with Crippen molar-refractivity contribution in [2.75, 3.05) is 26.3 Å². The van der Waals surface area contributed by atoms with Crippen LogP contribution >= 0.6 is 0 Å². The molecule has 4 nitrogen and oxygen atoms in total. The molecule has 1 aliphatic heterocycles. The van der Waals surface area contributed by atoms with Gasteiger partial charge in [0.2, 0.25) is 5.91 Å². The lowest BCUT2D eigenvalue weighted by molar-refractivity contribution is -0.119. The lowest BCUT2D eigenvalue weighted by Crippen LogP contribution is -2.32. The second kappa shape index (κ2) is 5.94. The van der Waals surface area contributed by atoms with Crippen LogP contribution in [0.5, 0.6) is 0 Å². The molecular weight excluding hydrogens is 168 g/mol. The fourth-order valence-electron chi connectivity index (χ4n) is 1.37. The minimum atomic E-state index is 0.155. The number of carbonyl (C=O) groups is 1. The summed E-state index contributed by atoms with van der Waals surface area (Å²) in [6.45, 7) is 5.28. The molecule has 76 valence electrons. The molecule has 1 saturated heterocycles. The van der Waals surface area contributed by atoms with E-state index in [1.54, 1.807) is 0 Å². The molecule has 1 heterocycles. The molecular formula is C9H18N2O2. The Balaban J connectivity index is 1.91. The van der Waals surface area contributed by atoms with Gasteiger partial charge in [-0.05, 0) is 19.9 Å². The van der Waals surface area contributed by atoms with Gasteiger partial charge in [-0.25, -0.2) is 0 Å². The number of amides is 1. The molecule has 1 fully saturated rings. The molecule has 0 radical (unpaired) electrons. The van der Waals surface area contributed by atoms with Crippen molar-refractivity contribution in [3.8, 4) is 0 Å². The first-order valence-electron chi connectivity index (χ1n) is 4.90. The van der Waals surface area contributed by atoms with E-state index >= 15 is 0 Å². The average molecular weight is 186 g/mol. The van der Waals surface area contributed by atoms with Crippen LogP contribution in [-0.4, -0.2) is 38.3 Å².